The van der Waals surface area contributed by atoms with Crippen molar-refractivity contribution in [1.82, 2.24) is 4.98 Å². The van der Waals surface area contributed by atoms with Gasteiger partial charge in [-0.05, 0) is 11.5 Å². The lowest BCUT2D eigenvalue weighted by molar-refractivity contribution is -0.408. The second-order valence-electron chi connectivity index (χ2n) is 8.97. The molecule has 1 aliphatic rings. The van der Waals surface area contributed by atoms with Gasteiger partial charge in [0.1, 0.15) is 5.52 Å². The number of fused-ring (bicyclic) bond motifs is 5. The van der Waals surface area contributed by atoms with Gasteiger partial charge in [-0.15, -0.1) is 0 Å². The van der Waals surface area contributed by atoms with Crippen molar-refractivity contribution in [2.75, 3.05) is 0 Å². The Hall–Kier alpha value is -2.16. The van der Waals surface area contributed by atoms with Gasteiger partial charge in [-0.1, -0.05) is 52.8 Å². The molecule has 0 spiro atoms. The third-order valence-electron chi connectivity index (χ3n) is 5.11. The number of carbonyl (C=O) groups excluding carboxylic acids is 1. The number of para-hydroxylation sites is 1. The van der Waals surface area contributed by atoms with Crippen LogP contribution >= 0.6 is 0 Å². The summed E-state index contributed by atoms with van der Waals surface area (Å²) in [5.74, 6) is 0.257. The molecule has 3 heteroatoms. The van der Waals surface area contributed by atoms with Crippen LogP contribution in [-0.4, -0.2) is 10.8 Å². The average Bonchev–Trinajstić information content (AvgIpc) is 2.82. The molecule has 1 aromatic carbocycles. The van der Waals surface area contributed by atoms with Crippen LogP contribution < -0.4 is 4.98 Å². The Morgan fingerprint density at radius 3 is 2.54 bits per heavy atom. The highest BCUT2D eigenvalue weighted by Gasteiger charge is 2.40. The molecular weight excluding hydrogens is 296 g/mol. The second-order valence-corrected chi connectivity index (χ2v) is 8.97. The molecule has 0 fully saturated rings. The number of pyridine rings is 1. The normalized spacial score (nSPS) is 17.5. The number of aromatic amines is 2. The maximum Gasteiger partial charge on any atom is 0.209 e. The molecule has 0 amide bonds. The van der Waals surface area contributed by atoms with E-state index in [2.05, 4.69) is 56.7 Å². The molecule has 124 valence electrons. The van der Waals surface area contributed by atoms with Crippen molar-refractivity contribution in [1.29, 1.82) is 0 Å². The maximum atomic E-state index is 13.0. The molecule has 0 atom stereocenters. The van der Waals surface area contributed by atoms with Gasteiger partial charge >= 0.3 is 0 Å². The molecule has 24 heavy (non-hydrogen) atoms. The largest absolute Gasteiger partial charge is 0.349 e. The first-order valence-electron chi connectivity index (χ1n) is 8.70. The van der Waals surface area contributed by atoms with Gasteiger partial charge in [-0.2, -0.15) is 0 Å². The fourth-order valence-corrected chi connectivity index (χ4v) is 4.08. The Morgan fingerprint density at radius 2 is 1.83 bits per heavy atom. The molecule has 2 aromatic heterocycles. The summed E-state index contributed by atoms with van der Waals surface area (Å²) in [7, 11) is 0. The van der Waals surface area contributed by atoms with Gasteiger partial charge in [0.2, 0.25) is 5.69 Å². The highest BCUT2D eigenvalue weighted by molar-refractivity contribution is 6.19. The first-order chi connectivity index (χ1) is 11.2. The fourth-order valence-electron chi connectivity index (χ4n) is 4.08. The molecular formula is C21H25N2O+. The first kappa shape index (κ1) is 15.4. The molecule has 1 aliphatic carbocycles. The van der Waals surface area contributed by atoms with E-state index in [0.29, 0.717) is 6.42 Å². The molecule has 2 N–H and O–H groups in total. The summed E-state index contributed by atoms with van der Waals surface area (Å²) in [5, 5.41) is 2.25. The standard InChI is InChI=1S/C21H24N2O/c1-20(2,3)19-18-16(12-8-6-7-9-13(12)22-18)17-14(23-19)10-21(4,5)11-15(17)24/h6-9,22H,10-11H2,1-5H3/p+1. The molecule has 0 saturated heterocycles. The quantitative estimate of drug-likeness (QED) is 0.647. The van der Waals surface area contributed by atoms with Gasteiger partial charge in [0, 0.05) is 34.5 Å². The lowest BCUT2D eigenvalue weighted by Crippen LogP contribution is -2.37. The summed E-state index contributed by atoms with van der Waals surface area (Å²) in [4.78, 5) is 20.2. The van der Waals surface area contributed by atoms with Crippen LogP contribution in [0.2, 0.25) is 0 Å². The highest BCUT2D eigenvalue weighted by Crippen LogP contribution is 2.40. The van der Waals surface area contributed by atoms with Crippen molar-refractivity contribution in [3.05, 3.63) is 41.2 Å². The Morgan fingerprint density at radius 1 is 1.12 bits per heavy atom. The number of hydrogen-bond acceptors (Lipinski definition) is 1. The maximum absolute atomic E-state index is 13.0. The van der Waals surface area contributed by atoms with E-state index in [1.54, 1.807) is 0 Å². The third-order valence-corrected chi connectivity index (χ3v) is 5.11. The van der Waals surface area contributed by atoms with Crippen molar-refractivity contribution >= 4 is 27.6 Å². The van der Waals surface area contributed by atoms with Gasteiger partial charge in [-0.25, -0.2) is 4.98 Å². The smallest absolute Gasteiger partial charge is 0.209 e. The van der Waals surface area contributed by atoms with E-state index in [9.17, 15) is 4.79 Å². The van der Waals surface area contributed by atoms with Crippen LogP contribution in [0.25, 0.3) is 21.8 Å². The van der Waals surface area contributed by atoms with E-state index in [-0.39, 0.29) is 16.6 Å². The zero-order chi connectivity index (χ0) is 17.3. The predicted molar refractivity (Wildman–Crippen MR) is 97.5 cm³/mol. The lowest BCUT2D eigenvalue weighted by Gasteiger charge is -2.28. The number of benzene rings is 1. The average molecular weight is 321 g/mol. The lowest BCUT2D eigenvalue weighted by atomic mass is 9.74. The van der Waals surface area contributed by atoms with E-state index in [4.69, 9.17) is 0 Å². The monoisotopic (exact) mass is 321 g/mol. The van der Waals surface area contributed by atoms with Crippen LogP contribution in [0.5, 0.6) is 0 Å². The Labute approximate surface area is 142 Å². The molecule has 0 saturated carbocycles. The van der Waals surface area contributed by atoms with Crippen molar-refractivity contribution in [3.8, 4) is 0 Å². The van der Waals surface area contributed by atoms with Crippen LogP contribution in [0.4, 0.5) is 0 Å². The minimum absolute atomic E-state index is 0.00945. The summed E-state index contributed by atoms with van der Waals surface area (Å²) in [6.07, 6.45) is 1.52. The van der Waals surface area contributed by atoms with Gasteiger partial charge in [0.05, 0.1) is 5.56 Å². The zero-order valence-electron chi connectivity index (χ0n) is 15.1. The number of hydrogen-bond donors (Lipinski definition) is 1. The fraction of sp³-hybridized carbons (Fsp3) is 0.429. The van der Waals surface area contributed by atoms with Crippen LogP contribution in [0, 0.1) is 5.41 Å². The van der Waals surface area contributed by atoms with E-state index >= 15 is 0 Å². The summed E-state index contributed by atoms with van der Waals surface area (Å²) in [6, 6.07) is 8.29. The van der Waals surface area contributed by atoms with E-state index in [1.165, 1.54) is 5.69 Å². The summed E-state index contributed by atoms with van der Waals surface area (Å²) in [6.45, 7) is 11.0. The number of carbonyl (C=O) groups is 1. The number of Topliss-reactive ketones (excluding diaryl/α,β-unsaturated/α-hetero) is 1. The molecule has 0 aliphatic heterocycles. The Kier molecular flexibility index (Phi) is 3.00. The number of rotatable bonds is 0. The van der Waals surface area contributed by atoms with Gasteiger partial charge in [0.25, 0.3) is 0 Å². The van der Waals surface area contributed by atoms with Gasteiger partial charge in [-0.3, -0.25) is 4.79 Å². The van der Waals surface area contributed by atoms with E-state index < -0.39 is 0 Å². The summed E-state index contributed by atoms with van der Waals surface area (Å²) in [5.41, 5.74) is 5.33. The van der Waals surface area contributed by atoms with Crippen molar-refractivity contribution in [3.63, 3.8) is 0 Å². The molecule has 0 radical (unpaired) electrons. The van der Waals surface area contributed by atoms with Crippen molar-refractivity contribution in [2.45, 2.75) is 52.9 Å². The molecule has 0 unspecified atom stereocenters. The van der Waals surface area contributed by atoms with Crippen molar-refractivity contribution < 1.29 is 9.78 Å². The van der Waals surface area contributed by atoms with Gasteiger partial charge < -0.3 is 4.98 Å². The zero-order valence-corrected chi connectivity index (χ0v) is 15.1. The predicted octanol–water partition coefficient (Wildman–Crippen LogP) is 4.59. The molecule has 3 nitrogen and oxygen atoms in total. The number of aromatic nitrogens is 2. The topological polar surface area (TPSA) is 47.0 Å². The number of ketones is 1. The van der Waals surface area contributed by atoms with Crippen molar-refractivity contribution in [2.24, 2.45) is 5.41 Å². The van der Waals surface area contributed by atoms with Gasteiger partial charge in [0.15, 0.2) is 11.5 Å². The molecule has 4 rings (SSSR count). The Balaban J connectivity index is 2.20. The SMILES string of the molecule is CC1(C)CC(=O)c2c([nH+]c(C(C)(C)C)c3[nH]c4ccccc4c23)C1. The molecule has 0 bridgehead atoms. The number of H-pyrrole nitrogens is 2. The summed E-state index contributed by atoms with van der Waals surface area (Å²) < 4.78 is 0. The second kappa shape index (κ2) is 4.69. The summed E-state index contributed by atoms with van der Waals surface area (Å²) >= 11 is 0. The third kappa shape index (κ3) is 2.18. The minimum Gasteiger partial charge on any atom is -0.349 e. The van der Waals surface area contributed by atoms with Crippen LogP contribution in [0.15, 0.2) is 24.3 Å². The number of nitrogens with one attached hydrogen (secondary N) is 2. The first-order valence-corrected chi connectivity index (χ1v) is 8.70. The molecule has 3 aromatic rings. The minimum atomic E-state index is -0.0290. The van der Waals surface area contributed by atoms with Crippen LogP contribution in [-0.2, 0) is 11.8 Å². The van der Waals surface area contributed by atoms with Crippen LogP contribution in [0.3, 0.4) is 0 Å². The van der Waals surface area contributed by atoms with Crippen LogP contribution in [0.1, 0.15) is 62.8 Å². The van der Waals surface area contributed by atoms with E-state index in [0.717, 1.165) is 39.5 Å². The highest BCUT2D eigenvalue weighted by atomic mass is 16.1. The Bertz CT molecular complexity index is 986. The molecule has 2 heterocycles. The van der Waals surface area contributed by atoms with E-state index in [1.807, 2.05) is 12.1 Å².